The maximum Gasteiger partial charge on any atom is 0.287 e. The van der Waals surface area contributed by atoms with Gasteiger partial charge in [-0.3, -0.25) is 4.79 Å². The molecule has 0 aliphatic heterocycles. The van der Waals surface area contributed by atoms with E-state index in [0.29, 0.717) is 25.7 Å². The third-order valence-corrected chi connectivity index (χ3v) is 2.74. The van der Waals surface area contributed by atoms with E-state index in [4.69, 9.17) is 10.4 Å². The first-order valence-corrected chi connectivity index (χ1v) is 6.05. The molecule has 0 aromatic carbocycles. The lowest BCUT2D eigenvalue weighted by Gasteiger charge is -2.25. The highest BCUT2D eigenvalue weighted by Gasteiger charge is 2.38. The van der Waals surface area contributed by atoms with Crippen LogP contribution in [-0.2, 0) is 4.79 Å². The zero-order valence-corrected chi connectivity index (χ0v) is 10.8. The van der Waals surface area contributed by atoms with Crippen molar-refractivity contribution in [1.29, 1.82) is 5.26 Å². The van der Waals surface area contributed by atoms with E-state index in [9.17, 15) is 13.6 Å². The fourth-order valence-corrected chi connectivity index (χ4v) is 1.80. The Balaban J connectivity index is 4.72. The SMILES string of the molecule is CCCC(C#N)(CCC)C(=O)NCC(F)(F)CO. The Labute approximate surface area is 106 Å². The molecule has 18 heavy (non-hydrogen) atoms. The van der Waals surface area contributed by atoms with E-state index in [2.05, 4.69) is 5.32 Å². The van der Waals surface area contributed by atoms with Gasteiger partial charge in [-0.1, -0.05) is 26.7 Å². The predicted molar refractivity (Wildman–Crippen MR) is 62.9 cm³/mol. The monoisotopic (exact) mass is 262 g/mol. The van der Waals surface area contributed by atoms with Crippen LogP contribution in [0.25, 0.3) is 0 Å². The van der Waals surface area contributed by atoms with Crippen molar-refractivity contribution in [2.75, 3.05) is 13.2 Å². The molecule has 0 rings (SSSR count). The van der Waals surface area contributed by atoms with Crippen molar-refractivity contribution in [2.45, 2.75) is 45.5 Å². The highest BCUT2D eigenvalue weighted by atomic mass is 19.3. The van der Waals surface area contributed by atoms with E-state index in [1.54, 1.807) is 0 Å². The van der Waals surface area contributed by atoms with Crippen LogP contribution in [0.5, 0.6) is 0 Å². The van der Waals surface area contributed by atoms with Crippen LogP contribution in [-0.4, -0.2) is 30.1 Å². The van der Waals surface area contributed by atoms with E-state index in [-0.39, 0.29) is 0 Å². The van der Waals surface area contributed by atoms with Crippen molar-refractivity contribution in [1.82, 2.24) is 5.32 Å². The Morgan fingerprint density at radius 3 is 2.17 bits per heavy atom. The molecule has 4 nitrogen and oxygen atoms in total. The predicted octanol–water partition coefficient (Wildman–Crippen LogP) is 1.84. The summed E-state index contributed by atoms with van der Waals surface area (Å²) in [5.74, 6) is -4.03. The third-order valence-electron chi connectivity index (χ3n) is 2.74. The van der Waals surface area contributed by atoms with E-state index in [1.165, 1.54) is 0 Å². The second-order valence-electron chi connectivity index (χ2n) is 4.39. The number of nitrogens with zero attached hydrogens (tertiary/aromatic N) is 1. The summed E-state index contributed by atoms with van der Waals surface area (Å²) in [6.45, 7) is 1.39. The molecular formula is C12H20F2N2O2. The molecule has 0 aromatic rings. The molecule has 1 amide bonds. The number of halogens is 2. The largest absolute Gasteiger partial charge is 0.390 e. The van der Waals surface area contributed by atoms with Gasteiger partial charge < -0.3 is 10.4 Å². The van der Waals surface area contributed by atoms with Gasteiger partial charge in [-0.2, -0.15) is 5.26 Å². The molecule has 0 fully saturated rings. The van der Waals surface area contributed by atoms with E-state index in [1.807, 2.05) is 19.9 Å². The van der Waals surface area contributed by atoms with Gasteiger partial charge in [0, 0.05) is 0 Å². The molecule has 0 unspecified atom stereocenters. The first kappa shape index (κ1) is 16.8. The summed E-state index contributed by atoms with van der Waals surface area (Å²) < 4.78 is 25.7. The van der Waals surface area contributed by atoms with Crippen molar-refractivity contribution < 1.29 is 18.7 Å². The van der Waals surface area contributed by atoms with Crippen LogP contribution in [0.2, 0.25) is 0 Å². The smallest absolute Gasteiger partial charge is 0.287 e. The molecule has 0 heterocycles. The molecule has 0 saturated carbocycles. The Bertz CT molecular complexity index is 308. The molecule has 0 radical (unpaired) electrons. The number of carbonyl (C=O) groups is 1. The lowest BCUT2D eigenvalue weighted by Crippen LogP contribution is -2.46. The number of hydrogen-bond acceptors (Lipinski definition) is 3. The lowest BCUT2D eigenvalue weighted by molar-refractivity contribution is -0.131. The molecule has 0 bridgehead atoms. The van der Waals surface area contributed by atoms with Crippen molar-refractivity contribution in [3.8, 4) is 6.07 Å². The summed E-state index contributed by atoms with van der Waals surface area (Å²) in [6, 6.07) is 1.95. The number of aliphatic hydroxyl groups is 1. The summed E-state index contributed by atoms with van der Waals surface area (Å²) in [4.78, 5) is 11.9. The van der Waals surface area contributed by atoms with Crippen LogP contribution < -0.4 is 5.32 Å². The summed E-state index contributed by atoms with van der Waals surface area (Å²) in [6.07, 6.45) is 1.93. The van der Waals surface area contributed by atoms with Crippen molar-refractivity contribution in [2.24, 2.45) is 5.41 Å². The van der Waals surface area contributed by atoms with Crippen LogP contribution >= 0.6 is 0 Å². The fourth-order valence-electron chi connectivity index (χ4n) is 1.80. The Kier molecular flexibility index (Phi) is 6.77. The second-order valence-corrected chi connectivity index (χ2v) is 4.39. The fraction of sp³-hybridized carbons (Fsp3) is 0.833. The molecule has 0 aromatic heterocycles. The number of carbonyl (C=O) groups excluding carboxylic acids is 1. The minimum atomic E-state index is -3.35. The molecule has 0 saturated heterocycles. The number of alkyl halides is 2. The van der Waals surface area contributed by atoms with Gasteiger partial charge in [0.05, 0.1) is 12.6 Å². The molecule has 0 atom stereocenters. The lowest BCUT2D eigenvalue weighted by atomic mass is 9.80. The molecule has 6 heteroatoms. The normalized spacial score (nSPS) is 12.0. The quantitative estimate of drug-likeness (QED) is 0.701. The topological polar surface area (TPSA) is 73.1 Å². The Morgan fingerprint density at radius 1 is 1.33 bits per heavy atom. The summed E-state index contributed by atoms with van der Waals surface area (Å²) in [5, 5.41) is 19.6. The average molecular weight is 262 g/mol. The molecule has 2 N–H and O–H groups in total. The second kappa shape index (κ2) is 7.27. The number of aliphatic hydroxyl groups excluding tert-OH is 1. The number of nitrogens with one attached hydrogen (secondary N) is 1. The number of hydrogen-bond donors (Lipinski definition) is 2. The van der Waals surface area contributed by atoms with Gasteiger partial charge in [0.15, 0.2) is 0 Å². The van der Waals surface area contributed by atoms with Crippen LogP contribution in [0.1, 0.15) is 39.5 Å². The standard InChI is InChI=1S/C12H20F2N2O2/c1-3-5-11(7-15,6-4-2)10(18)16-8-12(13,14)9-17/h17H,3-6,8-9H2,1-2H3,(H,16,18). The van der Waals surface area contributed by atoms with Crippen molar-refractivity contribution in [3.05, 3.63) is 0 Å². The van der Waals surface area contributed by atoms with Gasteiger partial charge in [-0.15, -0.1) is 0 Å². The minimum absolute atomic E-state index is 0.341. The zero-order chi connectivity index (χ0) is 14.2. The van der Waals surface area contributed by atoms with E-state index in [0.717, 1.165) is 0 Å². The van der Waals surface area contributed by atoms with Gasteiger partial charge in [0.25, 0.3) is 5.92 Å². The number of amides is 1. The Hall–Kier alpha value is -1.22. The maximum atomic E-state index is 12.8. The minimum Gasteiger partial charge on any atom is -0.390 e. The van der Waals surface area contributed by atoms with Crippen LogP contribution in [0.4, 0.5) is 8.78 Å². The molecular weight excluding hydrogens is 242 g/mol. The van der Waals surface area contributed by atoms with Crippen molar-refractivity contribution >= 4 is 5.91 Å². The number of nitriles is 1. The van der Waals surface area contributed by atoms with Gasteiger partial charge in [-0.25, -0.2) is 8.78 Å². The van der Waals surface area contributed by atoms with Crippen LogP contribution in [0.15, 0.2) is 0 Å². The highest BCUT2D eigenvalue weighted by molar-refractivity contribution is 5.85. The summed E-state index contributed by atoms with van der Waals surface area (Å²) in [7, 11) is 0. The average Bonchev–Trinajstić information content (AvgIpc) is 2.35. The van der Waals surface area contributed by atoms with Gasteiger partial charge in [-0.05, 0) is 12.8 Å². The van der Waals surface area contributed by atoms with Crippen LogP contribution in [0, 0.1) is 16.7 Å². The third kappa shape index (κ3) is 4.57. The van der Waals surface area contributed by atoms with Gasteiger partial charge in [0.1, 0.15) is 12.0 Å². The van der Waals surface area contributed by atoms with Gasteiger partial charge >= 0.3 is 0 Å². The zero-order valence-electron chi connectivity index (χ0n) is 10.8. The highest BCUT2D eigenvalue weighted by Crippen LogP contribution is 2.29. The van der Waals surface area contributed by atoms with Gasteiger partial charge in [0.2, 0.25) is 5.91 Å². The number of rotatable bonds is 8. The summed E-state index contributed by atoms with van der Waals surface area (Å²) in [5.41, 5.74) is -1.24. The Morgan fingerprint density at radius 2 is 1.83 bits per heavy atom. The van der Waals surface area contributed by atoms with E-state index >= 15 is 0 Å². The maximum absolute atomic E-state index is 12.8. The van der Waals surface area contributed by atoms with Crippen molar-refractivity contribution in [3.63, 3.8) is 0 Å². The molecule has 0 aliphatic carbocycles. The molecule has 0 spiro atoms. The summed E-state index contributed by atoms with van der Waals surface area (Å²) >= 11 is 0. The van der Waals surface area contributed by atoms with Crippen LogP contribution in [0.3, 0.4) is 0 Å². The van der Waals surface area contributed by atoms with E-state index < -0.39 is 30.4 Å². The first-order chi connectivity index (χ1) is 8.37. The first-order valence-electron chi connectivity index (χ1n) is 6.05. The molecule has 104 valence electrons. The molecule has 0 aliphatic rings.